The smallest absolute Gasteiger partial charge is 0.325 e. The fourth-order valence-electron chi connectivity index (χ4n) is 2.49. The molecule has 18 heavy (non-hydrogen) atoms. The van der Waals surface area contributed by atoms with Gasteiger partial charge in [0.15, 0.2) is 0 Å². The van der Waals surface area contributed by atoms with Crippen molar-refractivity contribution in [3.8, 4) is 0 Å². The van der Waals surface area contributed by atoms with Crippen LogP contribution < -0.4 is 5.06 Å². The second kappa shape index (κ2) is 4.37. The maximum Gasteiger partial charge on any atom is 0.325 e. The minimum Gasteiger partial charge on any atom is -0.621 e. The standard InChI is InChI=1S/C15H13NO2/c17-15-13(10-11-6-2-1-3-7-11)12-8-4-5-9-14(12)16(15)18/h1-9,13,16H,10H2. The van der Waals surface area contributed by atoms with Crippen LogP contribution in [0.5, 0.6) is 0 Å². The normalized spacial score (nSPS) is 21.9. The van der Waals surface area contributed by atoms with Crippen LogP contribution in [0.4, 0.5) is 5.69 Å². The number of carbonyl (C=O) groups excluding carboxylic acids is 1. The van der Waals surface area contributed by atoms with Crippen molar-refractivity contribution in [1.29, 1.82) is 0 Å². The minimum absolute atomic E-state index is 0.278. The van der Waals surface area contributed by atoms with Crippen molar-refractivity contribution >= 4 is 11.6 Å². The maximum atomic E-state index is 12.0. The van der Waals surface area contributed by atoms with Gasteiger partial charge in [0.25, 0.3) is 0 Å². The SMILES string of the molecule is O=C1C(Cc2ccccc2)c2ccccc2[NH+]1[O-]. The third-order valence-corrected chi connectivity index (χ3v) is 3.40. The summed E-state index contributed by atoms with van der Waals surface area (Å²) in [5.74, 6) is -0.587. The molecule has 0 saturated carbocycles. The van der Waals surface area contributed by atoms with Gasteiger partial charge < -0.3 is 5.21 Å². The molecule has 1 aliphatic heterocycles. The van der Waals surface area contributed by atoms with E-state index in [2.05, 4.69) is 0 Å². The summed E-state index contributed by atoms with van der Waals surface area (Å²) in [4.78, 5) is 12.0. The van der Waals surface area contributed by atoms with Crippen molar-refractivity contribution in [2.75, 3.05) is 0 Å². The van der Waals surface area contributed by atoms with Crippen LogP contribution in [0.15, 0.2) is 54.6 Å². The Morgan fingerprint density at radius 1 is 1.00 bits per heavy atom. The van der Waals surface area contributed by atoms with Crippen LogP contribution in [0.1, 0.15) is 17.0 Å². The molecule has 3 nitrogen and oxygen atoms in total. The molecule has 0 bridgehead atoms. The molecular weight excluding hydrogens is 226 g/mol. The number of hydrogen-bond acceptors (Lipinski definition) is 2. The molecule has 1 N–H and O–H groups in total. The maximum absolute atomic E-state index is 12.0. The molecule has 0 radical (unpaired) electrons. The van der Waals surface area contributed by atoms with Crippen molar-refractivity contribution in [2.45, 2.75) is 12.3 Å². The number of nitrogens with one attached hydrogen (secondary N) is 1. The van der Waals surface area contributed by atoms with E-state index in [4.69, 9.17) is 0 Å². The molecule has 1 amide bonds. The summed E-state index contributed by atoms with van der Waals surface area (Å²) in [6.07, 6.45) is 0.600. The van der Waals surface area contributed by atoms with E-state index in [0.29, 0.717) is 12.1 Å². The predicted octanol–water partition coefficient (Wildman–Crippen LogP) is 1.57. The average molecular weight is 239 g/mol. The Balaban J connectivity index is 1.96. The number of hydrogen-bond donors (Lipinski definition) is 1. The molecule has 2 unspecified atom stereocenters. The molecule has 0 aromatic heterocycles. The van der Waals surface area contributed by atoms with Crippen molar-refractivity contribution in [1.82, 2.24) is 0 Å². The zero-order chi connectivity index (χ0) is 12.5. The van der Waals surface area contributed by atoms with Gasteiger partial charge in [-0.15, -0.1) is 0 Å². The summed E-state index contributed by atoms with van der Waals surface area (Å²) >= 11 is 0. The molecule has 0 fully saturated rings. The van der Waals surface area contributed by atoms with Crippen LogP contribution in [0.25, 0.3) is 0 Å². The first-order valence-electron chi connectivity index (χ1n) is 5.99. The van der Waals surface area contributed by atoms with E-state index >= 15 is 0 Å². The molecule has 2 atom stereocenters. The van der Waals surface area contributed by atoms with Gasteiger partial charge >= 0.3 is 5.91 Å². The van der Waals surface area contributed by atoms with Crippen LogP contribution in [-0.4, -0.2) is 5.91 Å². The molecule has 0 spiro atoms. The van der Waals surface area contributed by atoms with Gasteiger partial charge in [0.1, 0.15) is 11.6 Å². The molecule has 3 heteroatoms. The van der Waals surface area contributed by atoms with E-state index in [-0.39, 0.29) is 16.9 Å². The lowest BCUT2D eigenvalue weighted by atomic mass is 9.93. The fourth-order valence-corrected chi connectivity index (χ4v) is 2.49. The second-order valence-corrected chi connectivity index (χ2v) is 4.52. The number of para-hydroxylation sites is 1. The van der Waals surface area contributed by atoms with Crippen LogP contribution in [-0.2, 0) is 11.2 Å². The summed E-state index contributed by atoms with van der Waals surface area (Å²) in [5, 5.41) is 11.5. The first-order chi connectivity index (χ1) is 8.77. The summed E-state index contributed by atoms with van der Waals surface area (Å²) < 4.78 is 0. The van der Waals surface area contributed by atoms with E-state index in [9.17, 15) is 10.0 Å². The van der Waals surface area contributed by atoms with Crippen LogP contribution in [0.3, 0.4) is 0 Å². The van der Waals surface area contributed by atoms with Crippen molar-refractivity contribution in [3.05, 3.63) is 70.9 Å². The predicted molar refractivity (Wildman–Crippen MR) is 68.3 cm³/mol. The minimum atomic E-state index is -0.341. The third kappa shape index (κ3) is 1.74. The lowest BCUT2D eigenvalue weighted by molar-refractivity contribution is -0.684. The second-order valence-electron chi connectivity index (χ2n) is 4.52. The van der Waals surface area contributed by atoms with Gasteiger partial charge in [-0.1, -0.05) is 48.5 Å². The van der Waals surface area contributed by atoms with Crippen LogP contribution in [0, 0.1) is 5.21 Å². The number of carbonyl (C=O) groups is 1. The zero-order valence-corrected chi connectivity index (χ0v) is 9.80. The highest BCUT2D eigenvalue weighted by atomic mass is 16.5. The molecule has 0 aliphatic carbocycles. The summed E-state index contributed by atoms with van der Waals surface area (Å²) in [6.45, 7) is 0. The highest BCUT2D eigenvalue weighted by molar-refractivity contribution is 5.84. The number of hydroxylamine groups is 1. The first kappa shape index (κ1) is 11.1. The highest BCUT2D eigenvalue weighted by Crippen LogP contribution is 2.29. The molecular formula is C15H13NO2. The van der Waals surface area contributed by atoms with Crippen molar-refractivity contribution in [2.24, 2.45) is 0 Å². The molecule has 0 saturated heterocycles. The molecule has 2 aromatic rings. The topological polar surface area (TPSA) is 44.6 Å². The van der Waals surface area contributed by atoms with Gasteiger partial charge in [0.05, 0.1) is 0 Å². The van der Waals surface area contributed by atoms with E-state index in [1.54, 1.807) is 12.1 Å². The average Bonchev–Trinajstić information content (AvgIpc) is 2.66. The van der Waals surface area contributed by atoms with E-state index in [1.807, 2.05) is 42.5 Å². The van der Waals surface area contributed by atoms with Gasteiger partial charge in [-0.25, -0.2) is 4.79 Å². The Labute approximate surface area is 105 Å². The number of quaternary nitrogens is 1. The highest BCUT2D eigenvalue weighted by Gasteiger charge is 2.38. The lowest BCUT2D eigenvalue weighted by Gasteiger charge is -2.13. The third-order valence-electron chi connectivity index (χ3n) is 3.40. The first-order valence-corrected chi connectivity index (χ1v) is 5.99. The van der Waals surface area contributed by atoms with Crippen molar-refractivity contribution < 1.29 is 9.86 Å². The van der Waals surface area contributed by atoms with Crippen LogP contribution in [0.2, 0.25) is 0 Å². The zero-order valence-electron chi connectivity index (χ0n) is 9.80. The van der Waals surface area contributed by atoms with Crippen LogP contribution >= 0.6 is 0 Å². The molecule has 90 valence electrons. The number of fused-ring (bicyclic) bond motifs is 1. The summed E-state index contributed by atoms with van der Waals surface area (Å²) in [5.41, 5.74) is 2.53. The van der Waals surface area contributed by atoms with Gasteiger partial charge in [-0.2, -0.15) is 0 Å². The number of amides is 1. The Kier molecular flexibility index (Phi) is 2.70. The number of rotatable bonds is 2. The van der Waals surface area contributed by atoms with Gasteiger partial charge in [-0.05, 0) is 12.0 Å². The van der Waals surface area contributed by atoms with E-state index in [1.165, 1.54) is 0 Å². The Bertz CT molecular complexity index is 580. The largest absolute Gasteiger partial charge is 0.621 e. The monoisotopic (exact) mass is 239 g/mol. The van der Waals surface area contributed by atoms with E-state index < -0.39 is 0 Å². The molecule has 1 heterocycles. The summed E-state index contributed by atoms with van der Waals surface area (Å²) in [6, 6.07) is 17.1. The lowest BCUT2D eigenvalue weighted by Crippen LogP contribution is -3.03. The fraction of sp³-hybridized carbons (Fsp3) is 0.133. The Hall–Kier alpha value is -1.97. The quantitative estimate of drug-likeness (QED) is 0.808. The Morgan fingerprint density at radius 3 is 2.44 bits per heavy atom. The van der Waals surface area contributed by atoms with Gasteiger partial charge in [-0.3, -0.25) is 5.06 Å². The van der Waals surface area contributed by atoms with Crippen molar-refractivity contribution in [3.63, 3.8) is 0 Å². The number of benzene rings is 2. The van der Waals surface area contributed by atoms with Gasteiger partial charge in [0, 0.05) is 11.6 Å². The Morgan fingerprint density at radius 2 is 1.67 bits per heavy atom. The van der Waals surface area contributed by atoms with E-state index in [0.717, 1.165) is 11.1 Å². The summed E-state index contributed by atoms with van der Waals surface area (Å²) in [7, 11) is 0. The molecule has 2 aromatic carbocycles. The molecule has 1 aliphatic rings. The molecule has 3 rings (SSSR count). The van der Waals surface area contributed by atoms with Gasteiger partial charge in [0.2, 0.25) is 0 Å².